The maximum Gasteiger partial charge on any atom is 0.508 e. The van der Waals surface area contributed by atoms with Crippen molar-refractivity contribution in [3.8, 4) is 11.1 Å². The number of hydrogen-bond donors (Lipinski definition) is 0. The topological polar surface area (TPSA) is 89.5 Å². The van der Waals surface area contributed by atoms with Gasteiger partial charge in [0.1, 0.15) is 37.0 Å². The number of fused-ring (bicyclic) bond motifs is 3. The van der Waals surface area contributed by atoms with Gasteiger partial charge in [-0.15, -0.1) is 0 Å². The van der Waals surface area contributed by atoms with Gasteiger partial charge in [-0.05, 0) is 62.9 Å². The van der Waals surface area contributed by atoms with Crippen LogP contribution in [0.5, 0.6) is 0 Å². The van der Waals surface area contributed by atoms with Crippen LogP contribution in [-0.4, -0.2) is 55.2 Å². The van der Waals surface area contributed by atoms with E-state index in [1.807, 2.05) is 84.9 Å². The molecule has 0 spiro atoms. The molecule has 9 heteroatoms. The van der Waals surface area contributed by atoms with E-state index < -0.39 is 42.0 Å². The van der Waals surface area contributed by atoms with E-state index >= 15 is 0 Å². The van der Waals surface area contributed by atoms with Gasteiger partial charge in [-0.3, -0.25) is 4.79 Å². The minimum Gasteiger partial charge on any atom is -0.463 e. The van der Waals surface area contributed by atoms with E-state index in [1.54, 1.807) is 0 Å². The molecule has 57 heavy (non-hydrogen) atoms. The first-order chi connectivity index (χ1) is 27.5. The number of rotatable bonds is 13. The highest BCUT2D eigenvalue weighted by atomic mass is 32.2. The van der Waals surface area contributed by atoms with Crippen LogP contribution in [0.15, 0.2) is 132 Å². The molecule has 0 radical (unpaired) electrons. The van der Waals surface area contributed by atoms with Crippen LogP contribution in [0.2, 0.25) is 0 Å². The van der Waals surface area contributed by atoms with Gasteiger partial charge in [0, 0.05) is 17.7 Å². The van der Waals surface area contributed by atoms with Gasteiger partial charge in [0.15, 0.2) is 6.10 Å². The van der Waals surface area contributed by atoms with Crippen LogP contribution in [0, 0.1) is 6.92 Å². The Labute approximate surface area is 339 Å². The van der Waals surface area contributed by atoms with Gasteiger partial charge in [-0.25, -0.2) is 4.79 Å². The lowest BCUT2D eigenvalue weighted by atomic mass is 9.87. The lowest BCUT2D eigenvalue weighted by Crippen LogP contribution is -2.61. The maximum atomic E-state index is 13.9. The van der Waals surface area contributed by atoms with Crippen molar-refractivity contribution in [2.24, 2.45) is 0 Å². The minimum absolute atomic E-state index is 0.0698. The number of thioether (sulfide) groups is 1. The third-order valence-corrected chi connectivity index (χ3v) is 11.8. The molecule has 5 atom stereocenters. The Morgan fingerprint density at radius 2 is 1.23 bits per heavy atom. The lowest BCUT2D eigenvalue weighted by Gasteiger charge is -2.45. The second-order valence-corrected chi connectivity index (χ2v) is 16.7. The number of benzene rings is 5. The van der Waals surface area contributed by atoms with Crippen molar-refractivity contribution >= 4 is 23.9 Å². The summed E-state index contributed by atoms with van der Waals surface area (Å²) in [6.07, 6.45) is -4.45. The summed E-state index contributed by atoms with van der Waals surface area (Å²) in [4.78, 5) is 27.2. The van der Waals surface area contributed by atoms with E-state index in [4.69, 9.17) is 28.4 Å². The summed E-state index contributed by atoms with van der Waals surface area (Å²) >= 11 is 1.52. The number of hydrogen-bond acceptors (Lipinski definition) is 9. The molecule has 1 saturated heterocycles. The van der Waals surface area contributed by atoms with Crippen molar-refractivity contribution in [3.63, 3.8) is 0 Å². The molecule has 2 aliphatic rings. The molecular formula is C48H50O8S. The highest BCUT2D eigenvalue weighted by Crippen LogP contribution is 2.45. The van der Waals surface area contributed by atoms with Gasteiger partial charge in [0.2, 0.25) is 0 Å². The van der Waals surface area contributed by atoms with Crippen molar-refractivity contribution in [2.45, 2.75) is 93.9 Å². The molecule has 0 bridgehead atoms. The van der Waals surface area contributed by atoms with E-state index in [9.17, 15) is 9.59 Å². The molecule has 0 unspecified atom stereocenters. The zero-order valence-electron chi connectivity index (χ0n) is 33.1. The minimum atomic E-state index is -1.07. The number of esters is 1. The zero-order chi connectivity index (χ0) is 39.9. The molecule has 7 rings (SSSR count). The highest BCUT2D eigenvalue weighted by Gasteiger charge is 2.51. The first kappa shape index (κ1) is 40.3. The summed E-state index contributed by atoms with van der Waals surface area (Å²) in [6.45, 7) is 10.3. The van der Waals surface area contributed by atoms with Gasteiger partial charge in [0.05, 0.1) is 13.2 Å². The van der Waals surface area contributed by atoms with Crippen LogP contribution >= 0.6 is 11.8 Å². The predicted molar refractivity (Wildman–Crippen MR) is 221 cm³/mol. The maximum absolute atomic E-state index is 13.9. The zero-order valence-corrected chi connectivity index (χ0v) is 33.9. The Morgan fingerprint density at radius 3 is 1.81 bits per heavy atom. The molecule has 1 aliphatic heterocycles. The molecule has 0 aromatic heterocycles. The molecule has 296 valence electrons. The Balaban J connectivity index is 1.21. The number of carbonyl (C=O) groups is 2. The smallest absolute Gasteiger partial charge is 0.463 e. The fourth-order valence-corrected chi connectivity index (χ4v) is 8.67. The van der Waals surface area contributed by atoms with Crippen molar-refractivity contribution in [2.75, 3.05) is 13.2 Å². The van der Waals surface area contributed by atoms with Crippen LogP contribution in [0.1, 0.15) is 67.0 Å². The van der Waals surface area contributed by atoms with Crippen LogP contribution in [0.3, 0.4) is 0 Å². The van der Waals surface area contributed by atoms with Crippen molar-refractivity contribution in [1.82, 2.24) is 0 Å². The van der Waals surface area contributed by atoms with Crippen LogP contribution in [0.4, 0.5) is 4.79 Å². The number of carbonyl (C=O) groups excluding carboxylic acids is 2. The monoisotopic (exact) mass is 786 g/mol. The van der Waals surface area contributed by atoms with Gasteiger partial charge < -0.3 is 28.4 Å². The lowest BCUT2D eigenvalue weighted by molar-refractivity contribution is -0.242. The van der Waals surface area contributed by atoms with Gasteiger partial charge in [-0.1, -0.05) is 154 Å². The first-order valence-electron chi connectivity index (χ1n) is 19.4. The average molecular weight is 787 g/mol. The van der Waals surface area contributed by atoms with Gasteiger partial charge in [0.25, 0.3) is 0 Å². The van der Waals surface area contributed by atoms with E-state index in [0.717, 1.165) is 43.8 Å². The SMILES string of the molecule is CC(=O)OC[C@H]1O[C@@H](Sc2cc(C(C)(C)C)ccc2C)[C@H](OCc2ccccc2)[C@@H](OCc2ccccc2)[C@H]1OC(=O)OCC1c2ccccc2-c2ccccc21. The molecule has 5 aromatic carbocycles. The molecule has 1 heterocycles. The molecule has 1 aliphatic carbocycles. The highest BCUT2D eigenvalue weighted by molar-refractivity contribution is 7.99. The second kappa shape index (κ2) is 18.1. The Bertz CT molecular complexity index is 2090. The Hall–Kier alpha value is -4.93. The average Bonchev–Trinajstić information content (AvgIpc) is 3.53. The van der Waals surface area contributed by atoms with E-state index in [-0.39, 0.29) is 37.8 Å². The van der Waals surface area contributed by atoms with Crippen molar-refractivity contribution < 1.29 is 38.0 Å². The molecule has 8 nitrogen and oxygen atoms in total. The second-order valence-electron chi connectivity index (χ2n) is 15.6. The molecule has 1 fully saturated rings. The number of ether oxygens (including phenoxy) is 6. The van der Waals surface area contributed by atoms with Gasteiger partial charge in [-0.2, -0.15) is 0 Å². The van der Waals surface area contributed by atoms with Crippen molar-refractivity contribution in [3.05, 3.63) is 161 Å². The number of aryl methyl sites for hydroxylation is 1. The Kier molecular flexibility index (Phi) is 12.8. The summed E-state index contributed by atoms with van der Waals surface area (Å²) in [5, 5.41) is 0. The van der Waals surface area contributed by atoms with Crippen molar-refractivity contribution in [1.29, 1.82) is 0 Å². The molecule has 0 saturated carbocycles. The fourth-order valence-electron chi connectivity index (χ4n) is 7.40. The fraction of sp³-hybridized carbons (Fsp3) is 0.333. The van der Waals surface area contributed by atoms with E-state index in [1.165, 1.54) is 24.2 Å². The largest absolute Gasteiger partial charge is 0.508 e. The quantitative estimate of drug-likeness (QED) is 0.108. The molecule has 5 aromatic rings. The van der Waals surface area contributed by atoms with Crippen LogP contribution in [0.25, 0.3) is 11.1 Å². The van der Waals surface area contributed by atoms with Gasteiger partial charge >= 0.3 is 12.1 Å². The standard InChI is InChI=1S/C48H50O8S/c1-31-24-25-35(48(3,4)5)26-42(31)57-46-45(53-28-34-18-10-7-11-19-34)44(52-27-33-16-8-6-9-17-33)43(41(55-46)30-51-32(2)49)56-47(50)54-29-40-38-22-14-12-20-36(38)37-21-13-15-23-39(37)40/h6-26,40-41,43-46H,27-30H2,1-5H3/t41-,43+,44+,45-,46+/m1/s1. The normalized spacial score (nSPS) is 20.3. The third kappa shape index (κ3) is 9.79. The van der Waals surface area contributed by atoms with E-state index in [0.29, 0.717) is 0 Å². The summed E-state index contributed by atoms with van der Waals surface area (Å²) in [7, 11) is 0. The molecular weight excluding hydrogens is 737 g/mol. The summed E-state index contributed by atoms with van der Waals surface area (Å²) in [5.74, 6) is -0.648. The summed E-state index contributed by atoms with van der Waals surface area (Å²) in [5.41, 5.74) is 7.84. The first-order valence-corrected chi connectivity index (χ1v) is 20.3. The van der Waals surface area contributed by atoms with Crippen LogP contribution < -0.4 is 0 Å². The Morgan fingerprint density at radius 1 is 0.667 bits per heavy atom. The summed E-state index contributed by atoms with van der Waals surface area (Å²) < 4.78 is 38.2. The molecule has 0 N–H and O–H groups in total. The van der Waals surface area contributed by atoms with Crippen LogP contribution in [-0.2, 0) is 51.8 Å². The molecule has 0 amide bonds. The third-order valence-electron chi connectivity index (χ3n) is 10.5. The summed E-state index contributed by atoms with van der Waals surface area (Å²) in [6, 6.07) is 42.5. The predicted octanol–water partition coefficient (Wildman–Crippen LogP) is 10.2. The van der Waals surface area contributed by atoms with E-state index in [2.05, 4.69) is 70.2 Å².